The normalized spacial score (nSPS) is 37.5. The predicted molar refractivity (Wildman–Crippen MR) is 106 cm³/mol. The third-order valence-corrected chi connectivity index (χ3v) is 7.35. The van der Waals surface area contributed by atoms with Gasteiger partial charge in [-0.15, -0.1) is 0 Å². The summed E-state index contributed by atoms with van der Waals surface area (Å²) in [6.07, 6.45) is 19.8. The van der Waals surface area contributed by atoms with Gasteiger partial charge in [-0.1, -0.05) is 72.6 Å². The fourth-order valence-corrected chi connectivity index (χ4v) is 5.29. The van der Waals surface area contributed by atoms with E-state index in [1.165, 1.54) is 38.5 Å². The summed E-state index contributed by atoms with van der Waals surface area (Å²) in [4.78, 5) is 0. The van der Waals surface area contributed by atoms with Crippen molar-refractivity contribution in [2.24, 2.45) is 40.9 Å². The fourth-order valence-electron chi connectivity index (χ4n) is 5.29. The van der Waals surface area contributed by atoms with E-state index < -0.39 is 0 Å². The molecule has 0 N–H and O–H groups in total. The lowest BCUT2D eigenvalue weighted by Crippen LogP contribution is -2.04. The molecular weight excluding hydrogens is 288 g/mol. The van der Waals surface area contributed by atoms with Gasteiger partial charge < -0.3 is 0 Å². The van der Waals surface area contributed by atoms with Crippen LogP contribution in [0.1, 0.15) is 111 Å². The van der Waals surface area contributed by atoms with Crippen molar-refractivity contribution >= 4 is 0 Å². The molecule has 0 aromatic carbocycles. The van der Waals surface area contributed by atoms with Gasteiger partial charge in [0.05, 0.1) is 0 Å². The van der Waals surface area contributed by atoms with E-state index in [0.29, 0.717) is 5.41 Å². The lowest BCUT2D eigenvalue weighted by molar-refractivity contribution is 0.354. The lowest BCUT2D eigenvalue weighted by Gasteiger charge is -2.17. The molecule has 0 nitrogen and oxygen atoms in total. The van der Waals surface area contributed by atoms with E-state index in [1.54, 1.807) is 44.9 Å². The van der Waals surface area contributed by atoms with Crippen LogP contribution >= 0.6 is 0 Å². The Labute approximate surface area is 152 Å². The van der Waals surface area contributed by atoms with Crippen LogP contribution < -0.4 is 0 Å². The molecule has 0 spiro atoms. The Kier molecular flexibility index (Phi) is 6.36. The monoisotopic (exact) mass is 332 g/mol. The van der Waals surface area contributed by atoms with E-state index in [4.69, 9.17) is 0 Å². The third-order valence-electron chi connectivity index (χ3n) is 7.35. The molecule has 0 saturated heterocycles. The maximum absolute atomic E-state index is 2.38. The van der Waals surface area contributed by atoms with Crippen LogP contribution in [0.4, 0.5) is 0 Å². The molecule has 0 heteroatoms. The molecule has 0 heterocycles. The first-order valence-corrected chi connectivity index (χ1v) is 11.5. The largest absolute Gasteiger partial charge is 0.0654 e. The average molecular weight is 333 g/mol. The Bertz CT molecular complexity index is 376. The summed E-state index contributed by atoms with van der Waals surface area (Å²) in [6.45, 7) is 9.48. The van der Waals surface area contributed by atoms with Gasteiger partial charge in [0.15, 0.2) is 0 Å². The highest BCUT2D eigenvalue weighted by Crippen LogP contribution is 2.58. The maximum Gasteiger partial charge on any atom is -0.0380 e. The van der Waals surface area contributed by atoms with Crippen LogP contribution in [-0.2, 0) is 0 Å². The maximum atomic E-state index is 2.38. The first kappa shape index (κ1) is 18.8. The summed E-state index contributed by atoms with van der Waals surface area (Å²) in [6, 6.07) is 0. The minimum Gasteiger partial charge on any atom is -0.0654 e. The summed E-state index contributed by atoms with van der Waals surface area (Å²) >= 11 is 0. The molecule has 3 aliphatic rings. The molecule has 6 unspecified atom stereocenters. The van der Waals surface area contributed by atoms with Crippen LogP contribution in [0.3, 0.4) is 0 Å². The zero-order chi connectivity index (χ0) is 17.2. The SMILES string of the molecule is CCCCCC1CC1CC1CC1CC1CC1CCCCC(C)(C)C. The second-order valence-electron chi connectivity index (χ2n) is 11.0. The fraction of sp³-hybridized carbons (Fsp3) is 1.00. The molecule has 0 bridgehead atoms. The van der Waals surface area contributed by atoms with E-state index in [0.717, 1.165) is 35.5 Å². The summed E-state index contributed by atoms with van der Waals surface area (Å²) in [5, 5.41) is 0. The highest BCUT2D eigenvalue weighted by atomic mass is 14.5. The van der Waals surface area contributed by atoms with Crippen LogP contribution in [-0.4, -0.2) is 0 Å². The zero-order valence-electron chi connectivity index (χ0n) is 17.2. The van der Waals surface area contributed by atoms with Crippen molar-refractivity contribution in [3.8, 4) is 0 Å². The second-order valence-corrected chi connectivity index (χ2v) is 11.0. The van der Waals surface area contributed by atoms with E-state index in [1.807, 2.05) is 0 Å². The van der Waals surface area contributed by atoms with E-state index >= 15 is 0 Å². The zero-order valence-corrected chi connectivity index (χ0v) is 17.2. The van der Waals surface area contributed by atoms with Crippen molar-refractivity contribution in [1.29, 1.82) is 0 Å². The van der Waals surface area contributed by atoms with Crippen LogP contribution in [0.15, 0.2) is 0 Å². The van der Waals surface area contributed by atoms with Gasteiger partial charge in [-0.05, 0) is 79.4 Å². The molecule has 24 heavy (non-hydrogen) atoms. The van der Waals surface area contributed by atoms with Gasteiger partial charge in [0.1, 0.15) is 0 Å². The standard InChI is InChI=1S/C24H44/c1-5-6-7-10-18-13-20(18)15-22-17-23(22)16-21-14-19(21)11-8-9-12-24(2,3)4/h18-23H,5-17H2,1-4H3. The van der Waals surface area contributed by atoms with Crippen molar-refractivity contribution in [3.63, 3.8) is 0 Å². The molecule has 3 fully saturated rings. The Morgan fingerprint density at radius 1 is 0.625 bits per heavy atom. The van der Waals surface area contributed by atoms with E-state index in [9.17, 15) is 0 Å². The Hall–Kier alpha value is 0. The van der Waals surface area contributed by atoms with Gasteiger partial charge in [-0.3, -0.25) is 0 Å². The molecule has 0 aliphatic heterocycles. The number of rotatable bonds is 12. The Balaban J connectivity index is 1.17. The Morgan fingerprint density at radius 2 is 1.08 bits per heavy atom. The van der Waals surface area contributed by atoms with Crippen molar-refractivity contribution in [2.75, 3.05) is 0 Å². The highest BCUT2D eigenvalue weighted by molar-refractivity contribution is 4.98. The highest BCUT2D eigenvalue weighted by Gasteiger charge is 2.48. The summed E-state index contributed by atoms with van der Waals surface area (Å²) in [7, 11) is 0. The third kappa shape index (κ3) is 6.38. The first-order chi connectivity index (χ1) is 11.5. The predicted octanol–water partition coefficient (Wildman–Crippen LogP) is 7.86. The minimum absolute atomic E-state index is 0.543. The van der Waals surface area contributed by atoms with Gasteiger partial charge in [0.25, 0.3) is 0 Å². The van der Waals surface area contributed by atoms with Crippen LogP contribution in [0.2, 0.25) is 0 Å². The topological polar surface area (TPSA) is 0 Å². The molecule has 3 rings (SSSR count). The number of hydrogen-bond acceptors (Lipinski definition) is 0. The van der Waals surface area contributed by atoms with Crippen LogP contribution in [0.25, 0.3) is 0 Å². The second kappa shape index (κ2) is 8.13. The molecule has 140 valence electrons. The van der Waals surface area contributed by atoms with E-state index in [2.05, 4.69) is 27.7 Å². The molecule has 0 amide bonds. The molecule has 0 aromatic rings. The van der Waals surface area contributed by atoms with Gasteiger partial charge in [0.2, 0.25) is 0 Å². The van der Waals surface area contributed by atoms with Gasteiger partial charge in [0, 0.05) is 0 Å². The van der Waals surface area contributed by atoms with E-state index in [-0.39, 0.29) is 0 Å². The summed E-state index contributed by atoms with van der Waals surface area (Å²) in [5.41, 5.74) is 0.543. The van der Waals surface area contributed by atoms with Crippen molar-refractivity contribution in [2.45, 2.75) is 111 Å². The molecule has 3 aliphatic carbocycles. The van der Waals surface area contributed by atoms with Gasteiger partial charge in [-0.25, -0.2) is 0 Å². The average Bonchev–Trinajstić information content (AvgIpc) is 3.39. The van der Waals surface area contributed by atoms with Crippen LogP contribution in [0.5, 0.6) is 0 Å². The van der Waals surface area contributed by atoms with Gasteiger partial charge in [-0.2, -0.15) is 0 Å². The van der Waals surface area contributed by atoms with Crippen molar-refractivity contribution in [3.05, 3.63) is 0 Å². The van der Waals surface area contributed by atoms with Crippen molar-refractivity contribution < 1.29 is 0 Å². The van der Waals surface area contributed by atoms with Gasteiger partial charge >= 0.3 is 0 Å². The summed E-state index contributed by atoms with van der Waals surface area (Å²) in [5.74, 6) is 6.90. The summed E-state index contributed by atoms with van der Waals surface area (Å²) < 4.78 is 0. The number of hydrogen-bond donors (Lipinski definition) is 0. The molecule has 0 radical (unpaired) electrons. The molecule has 0 aromatic heterocycles. The molecular formula is C24H44. The smallest absolute Gasteiger partial charge is 0.0380 e. The lowest BCUT2D eigenvalue weighted by atomic mass is 9.89. The minimum atomic E-state index is 0.543. The quantitative estimate of drug-likeness (QED) is 0.319. The van der Waals surface area contributed by atoms with Crippen molar-refractivity contribution in [1.82, 2.24) is 0 Å². The van der Waals surface area contributed by atoms with Crippen LogP contribution in [0, 0.1) is 40.9 Å². The first-order valence-electron chi connectivity index (χ1n) is 11.5. The Morgan fingerprint density at radius 3 is 1.58 bits per heavy atom. The molecule has 6 atom stereocenters. The number of unbranched alkanes of at least 4 members (excludes halogenated alkanes) is 3. The molecule has 3 saturated carbocycles.